The first-order chi connectivity index (χ1) is 9.58. The lowest BCUT2D eigenvalue weighted by Gasteiger charge is -2.34. The summed E-state index contributed by atoms with van der Waals surface area (Å²) in [6, 6.07) is 10.1. The Morgan fingerprint density at radius 1 is 1.25 bits per heavy atom. The molecule has 5 nitrogen and oxygen atoms in total. The van der Waals surface area contributed by atoms with Gasteiger partial charge in [0, 0.05) is 27.2 Å². The van der Waals surface area contributed by atoms with E-state index in [0.717, 1.165) is 18.4 Å². The van der Waals surface area contributed by atoms with Crippen LogP contribution >= 0.6 is 0 Å². The third-order valence-corrected chi connectivity index (χ3v) is 5.47. The molecule has 1 aromatic rings. The van der Waals surface area contributed by atoms with Crippen LogP contribution in [-0.4, -0.2) is 40.0 Å². The van der Waals surface area contributed by atoms with Gasteiger partial charge >= 0.3 is 0 Å². The minimum atomic E-state index is -3.30. The Morgan fingerprint density at radius 3 is 2.35 bits per heavy atom. The largest absolute Gasteiger partial charge is 0.376 e. The van der Waals surface area contributed by atoms with E-state index in [1.54, 1.807) is 7.11 Å². The van der Waals surface area contributed by atoms with Gasteiger partial charge < -0.3 is 4.74 Å². The second-order valence-corrected chi connectivity index (χ2v) is 6.89. The average molecular weight is 298 g/mol. The lowest BCUT2D eigenvalue weighted by Crippen LogP contribution is -2.44. The van der Waals surface area contributed by atoms with Crippen molar-refractivity contribution in [3.63, 3.8) is 0 Å². The van der Waals surface area contributed by atoms with Crippen LogP contribution < -0.4 is 4.72 Å². The van der Waals surface area contributed by atoms with Crippen LogP contribution in [0.1, 0.15) is 24.5 Å². The molecule has 0 spiro atoms. The summed E-state index contributed by atoms with van der Waals surface area (Å²) in [7, 11) is -0.135. The number of nitrogens with one attached hydrogen (secondary N) is 1. The number of piperidine rings is 1. The Bertz CT molecular complexity index is 510. The molecule has 1 saturated heterocycles. The summed E-state index contributed by atoms with van der Waals surface area (Å²) >= 11 is 0. The van der Waals surface area contributed by atoms with Crippen molar-refractivity contribution in [2.75, 3.05) is 27.2 Å². The molecule has 1 N–H and O–H groups in total. The van der Waals surface area contributed by atoms with Gasteiger partial charge in [-0.25, -0.2) is 4.72 Å². The first kappa shape index (κ1) is 15.4. The zero-order valence-electron chi connectivity index (χ0n) is 12.0. The molecule has 1 aliphatic rings. The van der Waals surface area contributed by atoms with Gasteiger partial charge in [0.25, 0.3) is 10.2 Å². The molecular weight excluding hydrogens is 276 g/mol. The van der Waals surface area contributed by atoms with Crippen molar-refractivity contribution in [3.8, 4) is 0 Å². The fourth-order valence-electron chi connectivity index (χ4n) is 2.79. The van der Waals surface area contributed by atoms with E-state index in [9.17, 15) is 8.42 Å². The van der Waals surface area contributed by atoms with E-state index in [4.69, 9.17) is 4.74 Å². The van der Waals surface area contributed by atoms with E-state index < -0.39 is 10.2 Å². The second kappa shape index (κ2) is 6.67. The van der Waals surface area contributed by atoms with Gasteiger partial charge in [0.05, 0.1) is 6.10 Å². The normalized spacial score (nSPS) is 19.9. The number of ether oxygens (including phenoxy) is 1. The van der Waals surface area contributed by atoms with Crippen molar-refractivity contribution in [1.29, 1.82) is 0 Å². The minimum absolute atomic E-state index is 0.0376. The number of rotatable bonds is 5. The monoisotopic (exact) mass is 298 g/mol. The average Bonchev–Trinajstić information content (AvgIpc) is 2.50. The first-order valence-corrected chi connectivity index (χ1v) is 8.29. The zero-order valence-corrected chi connectivity index (χ0v) is 12.8. The first-order valence-electron chi connectivity index (χ1n) is 6.85. The van der Waals surface area contributed by atoms with Crippen molar-refractivity contribution < 1.29 is 13.2 Å². The summed E-state index contributed by atoms with van der Waals surface area (Å²) in [6.45, 7) is 1.08. The molecular formula is C14H22N2O3S. The van der Waals surface area contributed by atoms with Gasteiger partial charge in [-0.1, -0.05) is 30.3 Å². The number of hydrogen-bond donors (Lipinski definition) is 1. The molecule has 1 fully saturated rings. The number of nitrogens with zero attached hydrogens (tertiary/aromatic N) is 1. The lowest BCUT2D eigenvalue weighted by molar-refractivity contribution is 0.0302. The minimum Gasteiger partial charge on any atom is -0.376 e. The van der Waals surface area contributed by atoms with Crippen LogP contribution in [0.2, 0.25) is 0 Å². The third-order valence-electron chi connectivity index (χ3n) is 3.91. The van der Waals surface area contributed by atoms with E-state index in [-0.39, 0.29) is 6.10 Å². The summed E-state index contributed by atoms with van der Waals surface area (Å²) in [5, 5.41) is 0. The Hall–Kier alpha value is -0.950. The molecule has 1 aliphatic heterocycles. The molecule has 0 bridgehead atoms. The SMILES string of the molecule is CNS(=O)(=O)N1CCC(C(OC)c2ccccc2)CC1. The van der Waals surface area contributed by atoms with E-state index in [1.807, 2.05) is 18.2 Å². The molecule has 1 atom stereocenters. The summed E-state index contributed by atoms with van der Waals surface area (Å²) in [5.41, 5.74) is 1.16. The highest BCUT2D eigenvalue weighted by Crippen LogP contribution is 2.33. The van der Waals surface area contributed by atoms with Gasteiger partial charge in [-0.05, 0) is 24.3 Å². The predicted molar refractivity (Wildman–Crippen MR) is 78.5 cm³/mol. The van der Waals surface area contributed by atoms with Crippen molar-refractivity contribution in [2.24, 2.45) is 5.92 Å². The van der Waals surface area contributed by atoms with Crippen LogP contribution in [-0.2, 0) is 14.9 Å². The van der Waals surface area contributed by atoms with Gasteiger partial charge in [-0.3, -0.25) is 0 Å². The van der Waals surface area contributed by atoms with Gasteiger partial charge in [0.2, 0.25) is 0 Å². The molecule has 2 rings (SSSR count). The fraction of sp³-hybridized carbons (Fsp3) is 0.571. The molecule has 0 amide bonds. The van der Waals surface area contributed by atoms with Crippen LogP contribution in [0.4, 0.5) is 0 Å². The van der Waals surface area contributed by atoms with Gasteiger partial charge in [0.15, 0.2) is 0 Å². The Morgan fingerprint density at radius 2 is 1.85 bits per heavy atom. The van der Waals surface area contributed by atoms with Gasteiger partial charge in [-0.2, -0.15) is 12.7 Å². The third kappa shape index (κ3) is 3.38. The fourth-order valence-corrected chi connectivity index (χ4v) is 3.74. The van der Waals surface area contributed by atoms with E-state index >= 15 is 0 Å². The molecule has 112 valence electrons. The molecule has 20 heavy (non-hydrogen) atoms. The highest BCUT2D eigenvalue weighted by Gasteiger charge is 2.31. The van der Waals surface area contributed by atoms with E-state index in [0.29, 0.717) is 19.0 Å². The van der Waals surface area contributed by atoms with Crippen LogP contribution in [0, 0.1) is 5.92 Å². The maximum absolute atomic E-state index is 11.8. The van der Waals surface area contributed by atoms with Gasteiger partial charge in [-0.15, -0.1) is 0 Å². The molecule has 1 unspecified atom stereocenters. The summed E-state index contributed by atoms with van der Waals surface area (Å²) in [6.07, 6.45) is 1.67. The predicted octanol–water partition coefficient (Wildman–Crippen LogP) is 1.55. The van der Waals surface area contributed by atoms with Crippen molar-refractivity contribution >= 4 is 10.2 Å². The van der Waals surface area contributed by atoms with Crippen LogP contribution in [0.5, 0.6) is 0 Å². The Labute approximate surface area is 121 Å². The number of hydrogen-bond acceptors (Lipinski definition) is 3. The highest BCUT2D eigenvalue weighted by molar-refractivity contribution is 7.87. The second-order valence-electron chi connectivity index (χ2n) is 5.01. The maximum atomic E-state index is 11.8. The van der Waals surface area contributed by atoms with Crippen LogP contribution in [0.15, 0.2) is 30.3 Å². The molecule has 0 saturated carbocycles. The summed E-state index contributed by atoms with van der Waals surface area (Å²) in [5.74, 6) is 0.353. The highest BCUT2D eigenvalue weighted by atomic mass is 32.2. The van der Waals surface area contributed by atoms with E-state index in [2.05, 4.69) is 16.9 Å². The van der Waals surface area contributed by atoms with E-state index in [1.165, 1.54) is 11.4 Å². The van der Waals surface area contributed by atoms with Gasteiger partial charge in [0.1, 0.15) is 0 Å². The topological polar surface area (TPSA) is 58.6 Å². The number of benzene rings is 1. The molecule has 0 aliphatic carbocycles. The smallest absolute Gasteiger partial charge is 0.279 e. The van der Waals surface area contributed by atoms with Crippen molar-refractivity contribution in [3.05, 3.63) is 35.9 Å². The molecule has 1 aromatic carbocycles. The zero-order chi connectivity index (χ0) is 14.6. The molecule has 1 heterocycles. The number of methoxy groups -OCH3 is 1. The van der Waals surface area contributed by atoms with Crippen LogP contribution in [0.25, 0.3) is 0 Å². The molecule has 0 aromatic heterocycles. The quantitative estimate of drug-likeness (QED) is 0.897. The molecule has 6 heteroatoms. The lowest BCUT2D eigenvalue weighted by atomic mass is 9.88. The Balaban J connectivity index is 2.03. The molecule has 0 radical (unpaired) electrons. The summed E-state index contributed by atoms with van der Waals surface area (Å²) in [4.78, 5) is 0. The van der Waals surface area contributed by atoms with Crippen molar-refractivity contribution in [1.82, 2.24) is 9.03 Å². The van der Waals surface area contributed by atoms with Crippen LogP contribution in [0.3, 0.4) is 0 Å². The Kier molecular flexibility index (Phi) is 5.15. The van der Waals surface area contributed by atoms with Crippen molar-refractivity contribution in [2.45, 2.75) is 18.9 Å². The summed E-state index contributed by atoms with van der Waals surface area (Å²) < 4.78 is 33.0. The standard InChI is InChI=1S/C14H22N2O3S/c1-15-20(17,18)16-10-8-13(9-11-16)14(19-2)12-6-4-3-5-7-12/h3-7,13-15H,8-11H2,1-2H3. The maximum Gasteiger partial charge on any atom is 0.279 e.